The number of nitrogens with zero attached hydrogens (tertiary/aromatic N) is 2. The molecule has 0 aromatic rings. The van der Waals surface area contributed by atoms with E-state index in [2.05, 4.69) is 42.0 Å². The number of unbranched alkanes of at least 4 members (excludes halogenated alkanes) is 23. The highest BCUT2D eigenvalue weighted by molar-refractivity contribution is 5.69. The van der Waals surface area contributed by atoms with Gasteiger partial charge in [0, 0.05) is 12.8 Å². The van der Waals surface area contributed by atoms with Crippen LogP contribution in [0.5, 0.6) is 0 Å². The third kappa shape index (κ3) is 34.7. The van der Waals surface area contributed by atoms with E-state index in [-0.39, 0.29) is 11.9 Å². The minimum Gasteiger partial charge on any atom is -0.460 e. The Balaban J connectivity index is 3.59. The molecule has 0 rings (SSSR count). The number of esters is 2. The maximum absolute atomic E-state index is 12.2. The van der Waals surface area contributed by atoms with Crippen LogP contribution in [-0.4, -0.2) is 88.5 Å². The van der Waals surface area contributed by atoms with Gasteiger partial charge >= 0.3 is 11.9 Å². The summed E-state index contributed by atoms with van der Waals surface area (Å²) >= 11 is 0. The van der Waals surface area contributed by atoms with Gasteiger partial charge in [0.15, 0.2) is 0 Å². The molecule has 0 aromatic carbocycles. The van der Waals surface area contributed by atoms with Crippen molar-refractivity contribution in [3.05, 3.63) is 0 Å². The Labute approximate surface area is 300 Å². The van der Waals surface area contributed by atoms with Crippen molar-refractivity contribution in [2.45, 2.75) is 194 Å². The first-order valence-electron chi connectivity index (χ1n) is 21.1. The molecule has 6 nitrogen and oxygen atoms in total. The molecule has 0 aromatic heterocycles. The zero-order valence-corrected chi connectivity index (χ0v) is 33.6. The first kappa shape index (κ1) is 46.9. The van der Waals surface area contributed by atoms with E-state index >= 15 is 0 Å². The molecule has 0 N–H and O–H groups in total. The molecule has 0 amide bonds. The lowest BCUT2D eigenvalue weighted by molar-refractivity contribution is -0.890. The molecule has 0 fully saturated rings. The number of quaternary nitrogens is 2. The highest BCUT2D eigenvalue weighted by atomic mass is 16.5. The lowest BCUT2D eigenvalue weighted by Crippen LogP contribution is -2.43. The van der Waals surface area contributed by atoms with Crippen LogP contribution in [0, 0.1) is 0 Å². The molecule has 286 valence electrons. The van der Waals surface area contributed by atoms with E-state index in [1.165, 1.54) is 128 Å². The largest absolute Gasteiger partial charge is 0.460 e. The van der Waals surface area contributed by atoms with Crippen LogP contribution in [0.2, 0.25) is 0 Å². The maximum atomic E-state index is 12.2. The average molecular weight is 683 g/mol. The van der Waals surface area contributed by atoms with Crippen LogP contribution in [0.15, 0.2) is 0 Å². The SMILES string of the molecule is CCCCCCCCCCCC[N+](C)(C)CCOC(=O)CCCCCCCCC(=O)OCC[N+](C)(C)CCCCCCCCCCCC. The van der Waals surface area contributed by atoms with E-state index in [0.717, 1.165) is 73.7 Å². The molecule has 0 saturated carbocycles. The van der Waals surface area contributed by atoms with Crippen LogP contribution in [0.25, 0.3) is 0 Å². The number of hydrogen-bond donors (Lipinski definition) is 0. The molecule has 0 saturated heterocycles. The molecule has 6 heteroatoms. The van der Waals surface area contributed by atoms with Crippen molar-refractivity contribution in [2.24, 2.45) is 0 Å². The number of carbonyl (C=O) groups is 2. The van der Waals surface area contributed by atoms with Gasteiger partial charge in [-0.05, 0) is 38.5 Å². The predicted molar refractivity (Wildman–Crippen MR) is 206 cm³/mol. The molecule has 48 heavy (non-hydrogen) atoms. The van der Waals surface area contributed by atoms with E-state index in [4.69, 9.17) is 9.47 Å². The fraction of sp³-hybridized carbons (Fsp3) is 0.952. The number of carbonyl (C=O) groups excluding carboxylic acids is 2. The fourth-order valence-electron chi connectivity index (χ4n) is 6.48. The van der Waals surface area contributed by atoms with Crippen LogP contribution >= 0.6 is 0 Å². The minimum atomic E-state index is -0.0537. The van der Waals surface area contributed by atoms with E-state index in [0.29, 0.717) is 26.1 Å². The van der Waals surface area contributed by atoms with Gasteiger partial charge in [0.2, 0.25) is 0 Å². The molecule has 0 heterocycles. The third-order valence-corrected chi connectivity index (χ3v) is 10.2. The summed E-state index contributed by atoms with van der Waals surface area (Å²) in [7, 11) is 9.01. The van der Waals surface area contributed by atoms with E-state index in [1.807, 2.05) is 0 Å². The highest BCUT2D eigenvalue weighted by Gasteiger charge is 2.17. The Bertz CT molecular complexity index is 664. The summed E-state index contributed by atoms with van der Waals surface area (Å²) in [5.74, 6) is -0.107. The van der Waals surface area contributed by atoms with Crippen LogP contribution < -0.4 is 0 Å². The van der Waals surface area contributed by atoms with Crippen LogP contribution in [-0.2, 0) is 19.1 Å². The Morgan fingerprint density at radius 3 is 0.896 bits per heavy atom. The van der Waals surface area contributed by atoms with Gasteiger partial charge in [-0.25, -0.2) is 0 Å². The average Bonchev–Trinajstić information content (AvgIpc) is 3.03. The third-order valence-electron chi connectivity index (χ3n) is 10.2. The molecule has 0 atom stereocenters. The van der Waals surface area contributed by atoms with Gasteiger partial charge in [0.25, 0.3) is 0 Å². The summed E-state index contributed by atoms with van der Waals surface area (Å²) in [5, 5.41) is 0. The second-order valence-corrected chi connectivity index (χ2v) is 16.2. The lowest BCUT2D eigenvalue weighted by Gasteiger charge is -2.29. The summed E-state index contributed by atoms with van der Waals surface area (Å²) in [5.41, 5.74) is 0. The molecule has 0 bridgehead atoms. The number of ether oxygens (including phenoxy) is 2. The van der Waals surface area contributed by atoms with Gasteiger partial charge in [-0.1, -0.05) is 142 Å². The zero-order chi connectivity index (χ0) is 35.6. The van der Waals surface area contributed by atoms with Gasteiger partial charge in [0.1, 0.15) is 26.3 Å². The van der Waals surface area contributed by atoms with Crippen molar-refractivity contribution in [1.29, 1.82) is 0 Å². The molecule has 0 unspecified atom stereocenters. The second-order valence-electron chi connectivity index (χ2n) is 16.2. The van der Waals surface area contributed by atoms with Crippen molar-refractivity contribution in [1.82, 2.24) is 0 Å². The zero-order valence-electron chi connectivity index (χ0n) is 33.6. The minimum absolute atomic E-state index is 0.0537. The summed E-state index contributed by atoms with van der Waals surface area (Å²) in [6.07, 6.45) is 34.4. The van der Waals surface area contributed by atoms with E-state index < -0.39 is 0 Å². The highest BCUT2D eigenvalue weighted by Crippen LogP contribution is 2.14. The summed E-state index contributed by atoms with van der Waals surface area (Å²) in [6, 6.07) is 0. The normalized spacial score (nSPS) is 12.0. The van der Waals surface area contributed by atoms with Gasteiger partial charge in [-0.15, -0.1) is 0 Å². The summed E-state index contributed by atoms with van der Waals surface area (Å²) in [4.78, 5) is 24.4. The van der Waals surface area contributed by atoms with Gasteiger partial charge < -0.3 is 18.4 Å². The van der Waals surface area contributed by atoms with Crippen LogP contribution in [0.3, 0.4) is 0 Å². The van der Waals surface area contributed by atoms with Crippen molar-refractivity contribution >= 4 is 11.9 Å². The summed E-state index contributed by atoms with van der Waals surface area (Å²) in [6.45, 7) is 9.69. The molecule has 0 radical (unpaired) electrons. The Hall–Kier alpha value is -1.14. The van der Waals surface area contributed by atoms with Crippen molar-refractivity contribution in [3.63, 3.8) is 0 Å². The van der Waals surface area contributed by atoms with Crippen molar-refractivity contribution in [3.8, 4) is 0 Å². The smallest absolute Gasteiger partial charge is 0.305 e. The number of likely N-dealkylation sites (N-methyl/N-ethyl adjacent to an activating group) is 2. The van der Waals surface area contributed by atoms with Gasteiger partial charge in [-0.2, -0.15) is 0 Å². The van der Waals surface area contributed by atoms with Gasteiger partial charge in [0.05, 0.1) is 41.3 Å². The monoisotopic (exact) mass is 683 g/mol. The Morgan fingerprint density at radius 1 is 0.354 bits per heavy atom. The van der Waals surface area contributed by atoms with E-state index in [9.17, 15) is 9.59 Å². The molecular weight excluding hydrogens is 596 g/mol. The topological polar surface area (TPSA) is 52.6 Å². The Morgan fingerprint density at radius 2 is 0.604 bits per heavy atom. The first-order valence-corrected chi connectivity index (χ1v) is 21.1. The van der Waals surface area contributed by atoms with Crippen molar-refractivity contribution in [2.75, 3.05) is 67.6 Å². The van der Waals surface area contributed by atoms with E-state index in [1.54, 1.807) is 0 Å². The standard InChI is InChI=1S/C42H86N2O4/c1-7-9-11-13-15-17-19-23-27-31-35-43(3,4)37-39-47-41(45)33-29-25-21-22-26-30-34-42(46)48-40-38-44(5,6)36-32-28-24-20-18-16-14-12-10-8-2/h7-40H2,1-6H3/q+2. The predicted octanol–water partition coefficient (Wildman–Crippen LogP) is 11.2. The molecule has 0 aliphatic rings. The van der Waals surface area contributed by atoms with Crippen LogP contribution in [0.1, 0.15) is 194 Å². The first-order chi connectivity index (χ1) is 23.1. The maximum Gasteiger partial charge on any atom is 0.305 e. The molecule has 0 aliphatic heterocycles. The number of rotatable bonds is 37. The van der Waals surface area contributed by atoms with Crippen LogP contribution in [0.4, 0.5) is 0 Å². The summed E-state index contributed by atoms with van der Waals surface area (Å²) < 4.78 is 12.9. The molecule has 0 aliphatic carbocycles. The van der Waals surface area contributed by atoms with Gasteiger partial charge in [-0.3, -0.25) is 9.59 Å². The molecular formula is C42H86N2O4+2. The fourth-order valence-corrected chi connectivity index (χ4v) is 6.48. The lowest BCUT2D eigenvalue weighted by atomic mass is 10.1. The second kappa shape index (κ2) is 33.0. The molecule has 0 spiro atoms. The quantitative estimate of drug-likeness (QED) is 0.0372. The number of hydrogen-bond acceptors (Lipinski definition) is 4. The van der Waals surface area contributed by atoms with Crippen molar-refractivity contribution < 1.29 is 28.0 Å². The Kier molecular flexibility index (Phi) is 32.2.